The van der Waals surface area contributed by atoms with Gasteiger partial charge in [0.15, 0.2) is 0 Å². The van der Waals surface area contributed by atoms with Crippen LogP contribution in [0.3, 0.4) is 0 Å². The van der Waals surface area contributed by atoms with Crippen molar-refractivity contribution in [2.75, 3.05) is 19.8 Å². The van der Waals surface area contributed by atoms with E-state index in [0.717, 1.165) is 30.4 Å². The minimum absolute atomic E-state index is 0.649. The molecule has 3 nitrogen and oxygen atoms in total. The molecule has 1 saturated carbocycles. The summed E-state index contributed by atoms with van der Waals surface area (Å²) in [7, 11) is 1.95. The number of allylic oxidation sites excluding steroid dienone is 1. The van der Waals surface area contributed by atoms with Gasteiger partial charge < -0.3 is 5.73 Å². The van der Waals surface area contributed by atoms with Crippen LogP contribution in [0.2, 0.25) is 0 Å². The van der Waals surface area contributed by atoms with E-state index in [-0.39, 0.29) is 0 Å². The third kappa shape index (κ3) is 6.70. The molecule has 27 heavy (non-hydrogen) atoms. The van der Waals surface area contributed by atoms with Crippen molar-refractivity contribution >= 4 is 23.4 Å². The first-order valence-corrected chi connectivity index (χ1v) is 11.5. The van der Waals surface area contributed by atoms with Crippen LogP contribution < -0.4 is 16.6 Å². The zero-order chi connectivity index (χ0) is 19.6. The number of hydrogen-bond acceptors (Lipinski definition) is 4. The molecule has 4 N–H and O–H groups in total. The zero-order valence-electron chi connectivity index (χ0n) is 17.3. The second-order valence-corrected chi connectivity index (χ2v) is 8.98. The average Bonchev–Trinajstić information content (AvgIpc) is 2.67. The minimum Gasteiger partial charge on any atom is -0.405 e. The quantitative estimate of drug-likeness (QED) is 0.503. The Hall–Kier alpha value is -1.23. The van der Waals surface area contributed by atoms with Crippen molar-refractivity contribution in [1.29, 1.82) is 0 Å². The van der Waals surface area contributed by atoms with Gasteiger partial charge in [-0.3, -0.25) is 10.9 Å². The molecule has 3 unspecified atom stereocenters. The van der Waals surface area contributed by atoms with E-state index in [2.05, 4.69) is 48.8 Å². The SMILES string of the molecule is C=C(C)c1cccc(CC(CC2CCCC(CNNC)C2)SC)c1/C=C\N. The Morgan fingerprint density at radius 2 is 2.15 bits per heavy atom. The molecule has 1 aromatic carbocycles. The van der Waals surface area contributed by atoms with Crippen LogP contribution in [0.4, 0.5) is 0 Å². The molecule has 0 heterocycles. The highest BCUT2D eigenvalue weighted by Gasteiger charge is 2.25. The standard InChI is InChI=1S/C23H37N3S/c1-17(2)22-10-6-9-20(23(22)11-12-24)15-21(27-4)14-18-7-5-8-19(13-18)16-26-25-3/h6,9-12,18-19,21,25-26H,1,5,7-8,13-16,24H2,2-4H3/b12-11-. The highest BCUT2D eigenvalue weighted by Crippen LogP contribution is 2.35. The van der Waals surface area contributed by atoms with Crippen LogP contribution >= 0.6 is 11.8 Å². The summed E-state index contributed by atoms with van der Waals surface area (Å²) in [6.45, 7) is 7.30. The fourth-order valence-electron chi connectivity index (χ4n) is 4.38. The Morgan fingerprint density at radius 1 is 1.37 bits per heavy atom. The van der Waals surface area contributed by atoms with Crippen LogP contribution in [0.25, 0.3) is 11.6 Å². The van der Waals surface area contributed by atoms with E-state index in [0.29, 0.717) is 5.25 Å². The van der Waals surface area contributed by atoms with Crippen LogP contribution in [0.5, 0.6) is 0 Å². The van der Waals surface area contributed by atoms with Crippen LogP contribution in [-0.4, -0.2) is 25.1 Å². The predicted molar refractivity (Wildman–Crippen MR) is 123 cm³/mol. The molecule has 0 spiro atoms. The molecule has 0 radical (unpaired) electrons. The lowest BCUT2D eigenvalue weighted by Gasteiger charge is -2.31. The van der Waals surface area contributed by atoms with Gasteiger partial charge in [0.25, 0.3) is 0 Å². The van der Waals surface area contributed by atoms with Crippen molar-refractivity contribution in [2.24, 2.45) is 17.6 Å². The summed E-state index contributed by atoms with van der Waals surface area (Å²) in [5, 5.41) is 0.649. The summed E-state index contributed by atoms with van der Waals surface area (Å²) in [5.74, 6) is 1.65. The van der Waals surface area contributed by atoms with Gasteiger partial charge in [-0.2, -0.15) is 11.8 Å². The first kappa shape index (κ1) is 22.1. The molecule has 0 saturated heterocycles. The summed E-state index contributed by atoms with van der Waals surface area (Å²) in [4.78, 5) is 0. The topological polar surface area (TPSA) is 50.1 Å². The van der Waals surface area contributed by atoms with Gasteiger partial charge in [-0.1, -0.05) is 43.2 Å². The second-order valence-electron chi connectivity index (χ2n) is 7.84. The van der Waals surface area contributed by atoms with Gasteiger partial charge in [0.1, 0.15) is 0 Å². The molecular formula is C23H37N3S. The highest BCUT2D eigenvalue weighted by atomic mass is 32.2. The molecule has 1 aliphatic rings. The molecule has 0 aromatic heterocycles. The normalized spacial score (nSPS) is 21.4. The van der Waals surface area contributed by atoms with Gasteiger partial charge in [0.05, 0.1) is 0 Å². The Kier molecular flexibility index (Phi) is 9.46. The summed E-state index contributed by atoms with van der Waals surface area (Å²) >= 11 is 2.01. The summed E-state index contributed by atoms with van der Waals surface area (Å²) in [6.07, 6.45) is 13.8. The van der Waals surface area contributed by atoms with E-state index in [1.54, 1.807) is 6.20 Å². The van der Waals surface area contributed by atoms with Crippen LogP contribution in [0.15, 0.2) is 31.0 Å². The smallest absolute Gasteiger partial charge is 0.0128 e. The largest absolute Gasteiger partial charge is 0.405 e. The molecule has 3 atom stereocenters. The third-order valence-electron chi connectivity index (χ3n) is 5.76. The molecule has 1 aliphatic carbocycles. The maximum Gasteiger partial charge on any atom is 0.0128 e. The summed E-state index contributed by atoms with van der Waals surface area (Å²) < 4.78 is 0. The Bertz CT molecular complexity index is 626. The van der Waals surface area contributed by atoms with Gasteiger partial charge in [0, 0.05) is 11.8 Å². The zero-order valence-corrected chi connectivity index (χ0v) is 18.1. The lowest BCUT2D eigenvalue weighted by atomic mass is 9.78. The first-order valence-electron chi connectivity index (χ1n) is 10.2. The Labute approximate surface area is 170 Å². The van der Waals surface area contributed by atoms with Crippen LogP contribution in [0.1, 0.15) is 55.7 Å². The number of hydrogen-bond donors (Lipinski definition) is 3. The number of nitrogens with one attached hydrogen (secondary N) is 2. The lowest BCUT2D eigenvalue weighted by Crippen LogP contribution is -2.35. The van der Waals surface area contributed by atoms with Crippen molar-refractivity contribution in [3.63, 3.8) is 0 Å². The summed E-state index contributed by atoms with van der Waals surface area (Å²) in [5.41, 5.74) is 17.0. The second kappa shape index (κ2) is 11.6. The Morgan fingerprint density at radius 3 is 2.81 bits per heavy atom. The average molecular weight is 388 g/mol. The monoisotopic (exact) mass is 387 g/mol. The van der Waals surface area contributed by atoms with Crippen molar-refractivity contribution < 1.29 is 0 Å². The fourth-order valence-corrected chi connectivity index (χ4v) is 5.20. The van der Waals surface area contributed by atoms with Gasteiger partial charge in [-0.05, 0) is 86.7 Å². The van der Waals surface area contributed by atoms with E-state index < -0.39 is 0 Å². The molecule has 0 amide bonds. The number of nitrogens with two attached hydrogens (primary N) is 1. The number of rotatable bonds is 10. The predicted octanol–water partition coefficient (Wildman–Crippen LogP) is 4.84. The summed E-state index contributed by atoms with van der Waals surface area (Å²) in [6, 6.07) is 6.56. The van der Waals surface area contributed by atoms with E-state index >= 15 is 0 Å². The fraction of sp³-hybridized carbons (Fsp3) is 0.565. The van der Waals surface area contributed by atoms with Crippen molar-refractivity contribution in [1.82, 2.24) is 10.9 Å². The molecule has 0 bridgehead atoms. The molecule has 2 rings (SSSR count). The van der Waals surface area contributed by atoms with Crippen molar-refractivity contribution in [2.45, 2.75) is 50.7 Å². The lowest BCUT2D eigenvalue weighted by molar-refractivity contribution is 0.243. The molecule has 1 aromatic rings. The van der Waals surface area contributed by atoms with E-state index in [1.165, 1.54) is 48.8 Å². The third-order valence-corrected chi connectivity index (χ3v) is 6.78. The van der Waals surface area contributed by atoms with E-state index in [1.807, 2.05) is 24.9 Å². The minimum atomic E-state index is 0.649. The molecule has 4 heteroatoms. The molecule has 0 aliphatic heterocycles. The van der Waals surface area contributed by atoms with E-state index in [4.69, 9.17) is 5.73 Å². The van der Waals surface area contributed by atoms with Gasteiger partial charge >= 0.3 is 0 Å². The van der Waals surface area contributed by atoms with E-state index in [9.17, 15) is 0 Å². The molecular weight excluding hydrogens is 350 g/mol. The van der Waals surface area contributed by atoms with Gasteiger partial charge in [-0.25, -0.2) is 0 Å². The first-order chi connectivity index (χ1) is 13.1. The highest BCUT2D eigenvalue weighted by molar-refractivity contribution is 7.99. The van der Waals surface area contributed by atoms with Crippen LogP contribution in [0, 0.1) is 11.8 Å². The Balaban J connectivity index is 2.06. The van der Waals surface area contributed by atoms with Gasteiger partial charge in [-0.15, -0.1) is 0 Å². The van der Waals surface area contributed by atoms with Gasteiger partial charge in [0.2, 0.25) is 0 Å². The maximum atomic E-state index is 5.74. The van der Waals surface area contributed by atoms with Crippen molar-refractivity contribution in [3.05, 3.63) is 47.7 Å². The number of hydrazine groups is 1. The number of benzene rings is 1. The number of thioether (sulfide) groups is 1. The maximum absolute atomic E-state index is 5.74. The molecule has 1 fully saturated rings. The van der Waals surface area contributed by atoms with Crippen molar-refractivity contribution in [3.8, 4) is 0 Å². The molecule has 150 valence electrons. The van der Waals surface area contributed by atoms with Crippen LogP contribution in [-0.2, 0) is 6.42 Å².